The lowest BCUT2D eigenvalue weighted by atomic mass is 10.0. The van der Waals surface area contributed by atoms with Crippen LogP contribution in [0, 0.1) is 24.4 Å². The number of benzene rings is 3. The van der Waals surface area contributed by atoms with E-state index in [1.807, 2.05) is 4.57 Å². The average Bonchev–Trinajstić information content (AvgIpc) is 3.28. The van der Waals surface area contributed by atoms with Crippen molar-refractivity contribution in [1.29, 1.82) is 0 Å². The number of imidazole rings is 1. The summed E-state index contributed by atoms with van der Waals surface area (Å²) in [6.07, 6.45) is 2.08. The molecule has 3 heterocycles. The zero-order valence-corrected chi connectivity index (χ0v) is 22.5. The lowest BCUT2D eigenvalue weighted by Gasteiger charge is -2.27. The monoisotopic (exact) mass is 574 g/mol. The van der Waals surface area contributed by atoms with Crippen molar-refractivity contribution in [3.63, 3.8) is 0 Å². The molecule has 8 nitrogen and oxygen atoms in total. The van der Waals surface area contributed by atoms with E-state index in [1.165, 1.54) is 30.5 Å². The van der Waals surface area contributed by atoms with Crippen molar-refractivity contribution in [1.82, 2.24) is 19.5 Å². The van der Waals surface area contributed by atoms with E-state index in [4.69, 9.17) is 9.47 Å². The minimum atomic E-state index is -1.07. The third-order valence-electron chi connectivity index (χ3n) is 7.21. The molecule has 3 aromatic carbocycles. The molecule has 0 spiro atoms. The van der Waals surface area contributed by atoms with E-state index >= 15 is 8.78 Å². The molecule has 0 saturated carbocycles. The zero-order valence-electron chi connectivity index (χ0n) is 22.5. The normalized spacial score (nSPS) is 14.6. The number of ether oxygens (including phenoxy) is 2. The molecule has 1 saturated heterocycles. The Morgan fingerprint density at radius 3 is 2.57 bits per heavy atom. The van der Waals surface area contributed by atoms with Crippen LogP contribution in [0.1, 0.15) is 39.3 Å². The fraction of sp³-hybridized carbons (Fsp3) is 0.226. The summed E-state index contributed by atoms with van der Waals surface area (Å²) in [5.74, 6) is -2.42. The van der Waals surface area contributed by atoms with Gasteiger partial charge in [0, 0.05) is 30.4 Å². The first-order valence-corrected chi connectivity index (χ1v) is 13.3. The van der Waals surface area contributed by atoms with Gasteiger partial charge in [0.05, 0.1) is 34.9 Å². The van der Waals surface area contributed by atoms with Crippen LogP contribution < -0.4 is 4.74 Å². The number of fused-ring (bicyclic) bond motifs is 1. The van der Waals surface area contributed by atoms with E-state index in [-0.39, 0.29) is 47.5 Å². The van der Waals surface area contributed by atoms with Crippen molar-refractivity contribution < 1.29 is 32.5 Å². The first kappa shape index (κ1) is 27.4. The van der Waals surface area contributed by atoms with Crippen LogP contribution in [0.3, 0.4) is 0 Å². The molecule has 0 radical (unpaired) electrons. The summed E-state index contributed by atoms with van der Waals surface area (Å²) < 4.78 is 57.9. The van der Waals surface area contributed by atoms with Crippen molar-refractivity contribution in [2.45, 2.75) is 39.0 Å². The molecule has 1 fully saturated rings. The number of hydrogen-bond acceptors (Lipinski definition) is 6. The standard InChI is InChI=1S/C31H25F3N4O4/c1-17-2-3-19(23(32)10-17)16-42-31-35-8-6-26(37-31)22-14-24(33)20(11-25(22)34)13-29-36-27-5-4-18(30(39)40)12-28(27)38(29)15-21-7-9-41-21/h2-6,8,10-12,14,21H,7,9,13,15-16H2,1H3,(H,39,40)/t21-/m0/s1. The molecular weight excluding hydrogens is 549 g/mol. The van der Waals surface area contributed by atoms with Gasteiger partial charge >= 0.3 is 12.0 Å². The van der Waals surface area contributed by atoms with Gasteiger partial charge < -0.3 is 19.1 Å². The Balaban J connectivity index is 1.27. The predicted molar refractivity (Wildman–Crippen MR) is 147 cm³/mol. The Morgan fingerprint density at radius 1 is 1.02 bits per heavy atom. The van der Waals surface area contributed by atoms with Crippen LogP contribution in [0.2, 0.25) is 0 Å². The van der Waals surface area contributed by atoms with Gasteiger partial charge in [0.1, 0.15) is 29.9 Å². The first-order chi connectivity index (χ1) is 20.2. The van der Waals surface area contributed by atoms with E-state index in [0.29, 0.717) is 35.6 Å². The molecule has 5 aromatic rings. The third-order valence-corrected chi connectivity index (χ3v) is 7.21. The fourth-order valence-electron chi connectivity index (χ4n) is 4.84. The maximum Gasteiger partial charge on any atom is 0.335 e. The molecule has 42 heavy (non-hydrogen) atoms. The topological polar surface area (TPSA) is 99.4 Å². The molecular formula is C31H25F3N4O4. The Kier molecular flexibility index (Phi) is 7.34. The van der Waals surface area contributed by atoms with Gasteiger partial charge in [-0.3, -0.25) is 0 Å². The molecule has 0 unspecified atom stereocenters. The second kappa shape index (κ2) is 11.2. The van der Waals surface area contributed by atoms with Crippen LogP contribution >= 0.6 is 0 Å². The number of hydrogen-bond donors (Lipinski definition) is 1. The molecule has 1 aliphatic rings. The quantitative estimate of drug-likeness (QED) is 0.235. The highest BCUT2D eigenvalue weighted by atomic mass is 19.1. The number of aromatic carboxylic acids is 1. The number of carboxylic acids is 1. The molecule has 1 aliphatic heterocycles. The zero-order chi connectivity index (χ0) is 29.4. The Hall–Kier alpha value is -4.77. The lowest BCUT2D eigenvalue weighted by Crippen LogP contribution is -2.31. The van der Waals surface area contributed by atoms with Gasteiger partial charge in [0.25, 0.3) is 0 Å². The van der Waals surface area contributed by atoms with Crippen LogP contribution in [0.15, 0.2) is 60.8 Å². The van der Waals surface area contributed by atoms with Gasteiger partial charge in [-0.15, -0.1) is 0 Å². The second-order valence-corrected chi connectivity index (χ2v) is 10.1. The smallest absolute Gasteiger partial charge is 0.335 e. The summed E-state index contributed by atoms with van der Waals surface area (Å²) in [5, 5.41) is 9.45. The number of carbonyl (C=O) groups is 1. The van der Waals surface area contributed by atoms with E-state index in [2.05, 4.69) is 15.0 Å². The van der Waals surface area contributed by atoms with Crippen LogP contribution in [0.4, 0.5) is 13.2 Å². The van der Waals surface area contributed by atoms with Crippen LogP contribution in [-0.2, 0) is 24.3 Å². The summed E-state index contributed by atoms with van der Waals surface area (Å²) in [4.78, 5) is 24.3. The summed E-state index contributed by atoms with van der Waals surface area (Å²) >= 11 is 0. The minimum absolute atomic E-state index is 0.0346. The molecule has 1 N–H and O–H groups in total. The van der Waals surface area contributed by atoms with Crippen LogP contribution in [-0.4, -0.2) is 43.3 Å². The molecule has 2 aromatic heterocycles. The fourth-order valence-corrected chi connectivity index (χ4v) is 4.84. The number of rotatable bonds is 9. The van der Waals surface area contributed by atoms with Gasteiger partial charge in [0.2, 0.25) is 0 Å². The molecule has 0 bridgehead atoms. The summed E-state index contributed by atoms with van der Waals surface area (Å²) in [7, 11) is 0. The van der Waals surface area contributed by atoms with Crippen molar-refractivity contribution in [3.05, 3.63) is 106 Å². The molecule has 11 heteroatoms. The minimum Gasteiger partial charge on any atom is -0.478 e. The van der Waals surface area contributed by atoms with Crippen molar-refractivity contribution in [2.24, 2.45) is 0 Å². The number of carboxylic acid groups (broad SMARTS) is 1. The highest BCUT2D eigenvalue weighted by molar-refractivity contribution is 5.92. The molecule has 0 aliphatic carbocycles. The highest BCUT2D eigenvalue weighted by Gasteiger charge is 2.24. The van der Waals surface area contributed by atoms with Gasteiger partial charge in [-0.1, -0.05) is 12.1 Å². The molecule has 1 atom stereocenters. The van der Waals surface area contributed by atoms with Crippen molar-refractivity contribution in [3.8, 4) is 17.3 Å². The van der Waals surface area contributed by atoms with Crippen molar-refractivity contribution >= 4 is 17.0 Å². The van der Waals surface area contributed by atoms with Gasteiger partial charge in [-0.2, -0.15) is 4.98 Å². The number of nitrogens with zero attached hydrogens (tertiary/aromatic N) is 4. The Labute approximate surface area is 238 Å². The summed E-state index contributed by atoms with van der Waals surface area (Å²) in [6, 6.07) is 12.8. The molecule has 0 amide bonds. The Morgan fingerprint density at radius 2 is 1.83 bits per heavy atom. The SMILES string of the molecule is Cc1ccc(COc2nccc(-c3cc(F)c(Cc4nc5ccc(C(=O)O)cc5n4C[C@@H]4CCO4)cc3F)n2)c(F)c1. The van der Waals surface area contributed by atoms with E-state index in [9.17, 15) is 14.3 Å². The largest absolute Gasteiger partial charge is 0.478 e. The van der Waals surface area contributed by atoms with Gasteiger partial charge in [0.15, 0.2) is 0 Å². The Bertz CT molecular complexity index is 1820. The summed E-state index contributed by atoms with van der Waals surface area (Å²) in [5.41, 5.74) is 2.39. The highest BCUT2D eigenvalue weighted by Crippen LogP contribution is 2.28. The summed E-state index contributed by atoms with van der Waals surface area (Å²) in [6.45, 7) is 2.68. The van der Waals surface area contributed by atoms with Gasteiger partial charge in [-0.05, 0) is 66.9 Å². The molecule has 6 rings (SSSR count). The molecule has 214 valence electrons. The maximum absolute atomic E-state index is 15.4. The van der Waals surface area contributed by atoms with Gasteiger partial charge in [-0.25, -0.2) is 27.9 Å². The maximum atomic E-state index is 15.4. The van der Waals surface area contributed by atoms with Crippen molar-refractivity contribution in [2.75, 3.05) is 6.61 Å². The number of aryl methyl sites for hydroxylation is 1. The number of halogens is 3. The average molecular weight is 575 g/mol. The van der Waals surface area contributed by atoms with Crippen LogP contribution in [0.5, 0.6) is 6.01 Å². The lowest BCUT2D eigenvalue weighted by molar-refractivity contribution is -0.0589. The third kappa shape index (κ3) is 5.55. The van der Waals surface area contributed by atoms with E-state index < -0.39 is 23.4 Å². The van der Waals surface area contributed by atoms with Crippen LogP contribution in [0.25, 0.3) is 22.3 Å². The second-order valence-electron chi connectivity index (χ2n) is 10.1. The number of aromatic nitrogens is 4. The predicted octanol–water partition coefficient (Wildman–Crippen LogP) is 5.88. The van der Waals surface area contributed by atoms with E-state index in [0.717, 1.165) is 24.1 Å². The first-order valence-electron chi connectivity index (χ1n) is 13.3. The van der Waals surface area contributed by atoms with E-state index in [1.54, 1.807) is 25.1 Å².